The van der Waals surface area contributed by atoms with Gasteiger partial charge in [-0.05, 0) is 0 Å². The monoisotopic (exact) mass is 394 g/mol. The van der Waals surface area contributed by atoms with Crippen molar-refractivity contribution in [3.8, 4) is 0 Å². The molecule has 0 radical (unpaired) electrons. The number of rotatable bonds is 3. The standard InChI is InChI=1S/C17H14OSe2/c1-2-13-16(18)14-10-6-7-11-15(14)20-17(13)19-12-8-4-3-5-9-12/h3-11H,2H2,1H3. The minimum absolute atomic E-state index is 0.254. The Bertz CT molecular complexity index is 791. The summed E-state index contributed by atoms with van der Waals surface area (Å²) in [6, 6.07) is 18.6. The van der Waals surface area contributed by atoms with E-state index in [0.717, 1.165) is 17.4 Å². The molecule has 0 saturated carbocycles. The second-order valence-electron chi connectivity index (χ2n) is 4.46. The Morgan fingerprint density at radius 3 is 2.45 bits per heavy atom. The van der Waals surface area contributed by atoms with Crippen molar-refractivity contribution in [3.63, 3.8) is 0 Å². The van der Waals surface area contributed by atoms with Crippen LogP contribution in [-0.4, -0.2) is 29.5 Å². The molecule has 0 amide bonds. The molecular weight excluding hydrogens is 378 g/mol. The topological polar surface area (TPSA) is 17.1 Å². The molecule has 0 fully saturated rings. The SMILES string of the molecule is CCc1c([Se]c2ccccc2)[se]c2ccccc2c1=O. The summed E-state index contributed by atoms with van der Waals surface area (Å²) in [5.74, 6) is 0. The quantitative estimate of drug-likeness (QED) is 0.618. The fraction of sp³-hybridized carbons (Fsp3) is 0.118. The molecule has 0 N–H and O–H groups in total. The normalized spacial score (nSPS) is 10.8. The average molecular weight is 392 g/mol. The zero-order valence-corrected chi connectivity index (χ0v) is 14.6. The van der Waals surface area contributed by atoms with Crippen LogP contribution in [0, 0.1) is 0 Å². The van der Waals surface area contributed by atoms with Crippen LogP contribution in [0.5, 0.6) is 0 Å². The molecule has 0 unspecified atom stereocenters. The van der Waals surface area contributed by atoms with Crippen molar-refractivity contribution in [1.29, 1.82) is 0 Å². The molecule has 0 saturated heterocycles. The molecule has 2 aromatic carbocycles. The molecule has 1 nitrogen and oxygen atoms in total. The van der Waals surface area contributed by atoms with Crippen LogP contribution < -0.4 is 13.2 Å². The van der Waals surface area contributed by atoms with E-state index in [9.17, 15) is 4.79 Å². The van der Waals surface area contributed by atoms with Gasteiger partial charge in [0.1, 0.15) is 0 Å². The van der Waals surface area contributed by atoms with Gasteiger partial charge in [-0.2, -0.15) is 0 Å². The molecular formula is C17H14OSe2. The van der Waals surface area contributed by atoms with Gasteiger partial charge in [-0.3, -0.25) is 0 Å². The van der Waals surface area contributed by atoms with E-state index in [4.69, 9.17) is 0 Å². The molecule has 1 aromatic heterocycles. The molecule has 3 aromatic rings. The summed E-state index contributed by atoms with van der Waals surface area (Å²) in [6.45, 7) is 2.10. The maximum absolute atomic E-state index is 12.6. The third-order valence-electron chi connectivity index (χ3n) is 3.16. The Kier molecular flexibility index (Phi) is 4.23. The summed E-state index contributed by atoms with van der Waals surface area (Å²) >= 11 is 0.571. The average Bonchev–Trinajstić information content (AvgIpc) is 2.49. The molecule has 0 aliphatic rings. The second-order valence-corrected chi connectivity index (χ2v) is 10.3. The number of hydrogen-bond donors (Lipinski definition) is 0. The van der Waals surface area contributed by atoms with Crippen LogP contribution in [0.3, 0.4) is 0 Å². The first-order valence-electron chi connectivity index (χ1n) is 6.57. The van der Waals surface area contributed by atoms with Gasteiger partial charge in [-0.25, -0.2) is 0 Å². The number of benzene rings is 2. The van der Waals surface area contributed by atoms with Crippen molar-refractivity contribution >= 4 is 46.9 Å². The van der Waals surface area contributed by atoms with Gasteiger partial charge >= 0.3 is 131 Å². The van der Waals surface area contributed by atoms with Gasteiger partial charge in [-0.15, -0.1) is 0 Å². The third-order valence-corrected chi connectivity index (χ3v) is 9.06. The zero-order valence-electron chi connectivity index (χ0n) is 11.1. The fourth-order valence-electron chi connectivity index (χ4n) is 2.14. The Hall–Kier alpha value is -1.11. The van der Waals surface area contributed by atoms with Gasteiger partial charge in [-0.1, -0.05) is 0 Å². The van der Waals surface area contributed by atoms with Crippen LogP contribution >= 0.6 is 0 Å². The molecule has 20 heavy (non-hydrogen) atoms. The van der Waals surface area contributed by atoms with Crippen LogP contribution in [0.15, 0.2) is 59.4 Å². The van der Waals surface area contributed by atoms with Crippen LogP contribution in [0.4, 0.5) is 0 Å². The Balaban J connectivity index is 2.17. The first-order chi connectivity index (χ1) is 9.79. The summed E-state index contributed by atoms with van der Waals surface area (Å²) in [4.78, 5) is 12.6. The fourth-order valence-corrected chi connectivity index (χ4v) is 8.58. The summed E-state index contributed by atoms with van der Waals surface area (Å²) in [7, 11) is 0. The van der Waals surface area contributed by atoms with Crippen molar-refractivity contribution < 1.29 is 0 Å². The zero-order chi connectivity index (χ0) is 13.9. The van der Waals surface area contributed by atoms with E-state index in [1.165, 1.54) is 12.1 Å². The Morgan fingerprint density at radius 1 is 1.00 bits per heavy atom. The predicted molar refractivity (Wildman–Crippen MR) is 88.0 cm³/mol. The molecule has 3 heteroatoms. The van der Waals surface area contributed by atoms with Crippen LogP contribution in [0.1, 0.15) is 12.5 Å². The van der Waals surface area contributed by atoms with E-state index in [0.29, 0.717) is 14.5 Å². The van der Waals surface area contributed by atoms with Crippen LogP contribution in [0.25, 0.3) is 9.65 Å². The van der Waals surface area contributed by atoms with E-state index in [1.54, 1.807) is 0 Å². The molecule has 0 aliphatic heterocycles. The number of fused-ring (bicyclic) bond motifs is 1. The molecule has 0 spiro atoms. The maximum atomic E-state index is 12.6. The third kappa shape index (κ3) is 2.68. The van der Waals surface area contributed by atoms with Crippen molar-refractivity contribution in [2.45, 2.75) is 13.3 Å². The summed E-state index contributed by atoms with van der Waals surface area (Å²) < 4.78 is 4.01. The van der Waals surface area contributed by atoms with Gasteiger partial charge in [0.2, 0.25) is 0 Å². The van der Waals surface area contributed by atoms with E-state index in [2.05, 4.69) is 37.3 Å². The second kappa shape index (κ2) is 6.11. The predicted octanol–water partition coefficient (Wildman–Crippen LogP) is 1.47. The molecule has 0 bridgehead atoms. The molecule has 1 heterocycles. The first-order valence-corrected chi connectivity index (χ1v) is 10.00. The minimum atomic E-state index is 0.254. The van der Waals surface area contributed by atoms with E-state index in [-0.39, 0.29) is 20.4 Å². The molecule has 0 aliphatic carbocycles. The van der Waals surface area contributed by atoms with E-state index >= 15 is 0 Å². The summed E-state index contributed by atoms with van der Waals surface area (Å²) in [5.41, 5.74) is 1.32. The molecule has 100 valence electrons. The summed E-state index contributed by atoms with van der Waals surface area (Å²) in [5, 5.41) is 0.928. The van der Waals surface area contributed by atoms with Gasteiger partial charge in [0.25, 0.3) is 0 Å². The Labute approximate surface area is 130 Å². The van der Waals surface area contributed by atoms with Gasteiger partial charge in [0.15, 0.2) is 0 Å². The van der Waals surface area contributed by atoms with Gasteiger partial charge in [0, 0.05) is 0 Å². The van der Waals surface area contributed by atoms with Crippen LogP contribution in [0.2, 0.25) is 0 Å². The van der Waals surface area contributed by atoms with Crippen molar-refractivity contribution in [2.24, 2.45) is 0 Å². The van der Waals surface area contributed by atoms with Gasteiger partial charge in [0.05, 0.1) is 0 Å². The van der Waals surface area contributed by atoms with E-state index < -0.39 is 0 Å². The summed E-state index contributed by atoms with van der Waals surface area (Å²) in [6.07, 6.45) is 0.846. The molecule has 0 atom stereocenters. The number of hydrogen-bond acceptors (Lipinski definition) is 1. The Morgan fingerprint density at radius 2 is 1.70 bits per heavy atom. The van der Waals surface area contributed by atoms with Crippen LogP contribution in [-0.2, 0) is 6.42 Å². The van der Waals surface area contributed by atoms with Crippen molar-refractivity contribution in [3.05, 3.63) is 70.4 Å². The first kappa shape index (κ1) is 13.9. The van der Waals surface area contributed by atoms with Gasteiger partial charge < -0.3 is 0 Å². The molecule has 3 rings (SSSR count). The van der Waals surface area contributed by atoms with E-state index in [1.807, 2.05) is 24.3 Å². The van der Waals surface area contributed by atoms with Crippen molar-refractivity contribution in [1.82, 2.24) is 0 Å². The van der Waals surface area contributed by atoms with Crippen molar-refractivity contribution in [2.75, 3.05) is 0 Å².